The third-order valence-electron chi connectivity index (χ3n) is 1.48. The zero-order valence-electron chi connectivity index (χ0n) is 6.76. The first-order chi connectivity index (χ1) is 5.66. The second-order valence-corrected chi connectivity index (χ2v) is 20.3. The van der Waals surface area contributed by atoms with Gasteiger partial charge in [-0.05, 0) is 0 Å². The number of hydrogen-bond acceptors (Lipinski definition) is 3. The van der Waals surface area contributed by atoms with Crippen molar-refractivity contribution < 1.29 is 4.84 Å². The van der Waals surface area contributed by atoms with Crippen LogP contribution in [-0.4, -0.2) is 23.5 Å². The molecule has 0 bridgehead atoms. The molecule has 0 aromatic heterocycles. The molecule has 2 rings (SSSR count). The van der Waals surface area contributed by atoms with Gasteiger partial charge in [-0.2, -0.15) is 0 Å². The molecule has 2 aliphatic rings. The van der Waals surface area contributed by atoms with Crippen molar-refractivity contribution >= 4 is 55.0 Å². The number of halogens is 2. The van der Waals surface area contributed by atoms with Crippen molar-refractivity contribution in [1.29, 1.82) is 0 Å². The summed E-state index contributed by atoms with van der Waals surface area (Å²) in [6.07, 6.45) is 0.889. The molecule has 1 saturated heterocycles. The van der Waals surface area contributed by atoms with Gasteiger partial charge < -0.3 is 0 Å². The number of oxime groups is 1. The molecule has 1 atom stereocenters. The Labute approximate surface area is 91.1 Å². The zero-order valence-corrected chi connectivity index (χ0v) is 12.0. The Kier molecular flexibility index (Phi) is 3.01. The molecule has 1 fully saturated rings. The van der Waals surface area contributed by atoms with Gasteiger partial charge in [0.15, 0.2) is 0 Å². The summed E-state index contributed by atoms with van der Waals surface area (Å²) in [7, 11) is 0. The van der Waals surface area contributed by atoms with Gasteiger partial charge in [-0.1, -0.05) is 0 Å². The summed E-state index contributed by atoms with van der Waals surface area (Å²) >= 11 is 4.47. The van der Waals surface area contributed by atoms with Crippen LogP contribution in [0.15, 0.2) is 5.16 Å². The minimum atomic E-state index is -0.331. The van der Waals surface area contributed by atoms with Crippen molar-refractivity contribution in [2.75, 3.05) is 8.86 Å². The molecule has 2 aliphatic heterocycles. The number of hydrogen-bond donors (Lipinski definition) is 1. The van der Waals surface area contributed by atoms with Crippen LogP contribution in [0.4, 0.5) is 0 Å². The molecular weight excluding hydrogens is 400 g/mol. The van der Waals surface area contributed by atoms with E-state index in [1.54, 1.807) is 8.86 Å². The molecule has 2 heterocycles. The number of alkyl halides is 2. The fraction of sp³-hybridized carbons (Fsp3) is 0.714. The van der Waals surface area contributed by atoms with Gasteiger partial charge in [-0.25, -0.2) is 0 Å². The quantitative estimate of drug-likeness (QED) is 0.422. The second kappa shape index (κ2) is 3.72. The fourth-order valence-electron chi connectivity index (χ4n) is 0.831. The first-order valence-electron chi connectivity index (χ1n) is 3.73. The molecule has 0 aliphatic carbocycles. The molecule has 0 amide bonds. The van der Waals surface area contributed by atoms with Gasteiger partial charge in [0.05, 0.1) is 0 Å². The van der Waals surface area contributed by atoms with Crippen LogP contribution < -0.4 is 0 Å². The standard InChI is InChI=1S/C7H11I2NOS/c1-7(12)4-6(10-11-7)5-8-9-2-3-9/h5,12H,2-4H2,1H3/t7-/m1/s1. The van der Waals surface area contributed by atoms with E-state index in [0.29, 0.717) is 16.8 Å². The Bertz CT molecular complexity index is 248. The first-order valence-corrected chi connectivity index (χ1v) is 14.8. The fourth-order valence-corrected chi connectivity index (χ4v) is 17.8. The number of rotatable bonds is 2. The first kappa shape index (κ1) is 9.70. The Balaban J connectivity index is 1.89. The second-order valence-electron chi connectivity index (χ2n) is 2.99. The Morgan fingerprint density at radius 3 is 3.00 bits per heavy atom. The van der Waals surface area contributed by atoms with Crippen molar-refractivity contribution in [2.24, 2.45) is 5.16 Å². The molecule has 0 unspecified atom stereocenters. The number of thiol groups is 1. The molecule has 0 radical (unpaired) electrons. The van der Waals surface area contributed by atoms with Gasteiger partial charge >= 0.3 is 92.1 Å². The van der Waals surface area contributed by atoms with Crippen molar-refractivity contribution in [1.82, 2.24) is 0 Å². The summed E-state index contributed by atoms with van der Waals surface area (Å²) in [5, 5.41) is 4.03. The maximum atomic E-state index is 5.16. The Morgan fingerprint density at radius 2 is 2.50 bits per heavy atom. The van der Waals surface area contributed by atoms with Gasteiger partial charge in [0, 0.05) is 0 Å². The van der Waals surface area contributed by atoms with E-state index in [9.17, 15) is 0 Å². The third kappa shape index (κ3) is 2.83. The maximum absolute atomic E-state index is 5.16. The minimum absolute atomic E-state index is 0.276. The van der Waals surface area contributed by atoms with Crippen LogP contribution in [0.3, 0.4) is 0 Å². The molecule has 2 nitrogen and oxygen atoms in total. The zero-order chi connectivity index (χ0) is 8.60. The van der Waals surface area contributed by atoms with E-state index < -0.39 is 0 Å². The van der Waals surface area contributed by atoms with E-state index in [4.69, 9.17) is 4.84 Å². The van der Waals surface area contributed by atoms with Gasteiger partial charge in [0.1, 0.15) is 0 Å². The summed E-state index contributed by atoms with van der Waals surface area (Å²) in [4.78, 5) is 4.83. The van der Waals surface area contributed by atoms with Crippen LogP contribution in [-0.2, 0) is 4.84 Å². The third-order valence-corrected chi connectivity index (χ3v) is 16.8. The van der Waals surface area contributed by atoms with E-state index in [2.05, 4.69) is 21.8 Å². The van der Waals surface area contributed by atoms with Crippen molar-refractivity contribution in [3.63, 3.8) is 0 Å². The SMILES string of the molecule is C[C@@]1(S)CC(C=II2CC2)=NO1. The van der Waals surface area contributed by atoms with Crippen LogP contribution >= 0.6 is 45.2 Å². The predicted molar refractivity (Wildman–Crippen MR) is 74.4 cm³/mol. The molecule has 0 aromatic carbocycles. The molecule has 12 heavy (non-hydrogen) atoms. The molecule has 70 valence electrons. The molecule has 0 saturated carbocycles. The van der Waals surface area contributed by atoms with Crippen LogP contribution in [0, 0.1) is 0 Å². The predicted octanol–water partition coefficient (Wildman–Crippen LogP) is 2.62. The monoisotopic (exact) mass is 411 g/mol. The normalized spacial score (nSPS) is 37.5. The summed E-state index contributed by atoms with van der Waals surface area (Å²) in [5.41, 5.74) is 1.16. The summed E-state index contributed by atoms with van der Waals surface area (Å²) in [5.74, 6) is 0. The van der Waals surface area contributed by atoms with E-state index in [0.717, 1.165) is 12.1 Å². The van der Waals surface area contributed by atoms with Crippen molar-refractivity contribution in [3.05, 3.63) is 0 Å². The molecule has 0 spiro atoms. The molecule has 0 aromatic rings. The van der Waals surface area contributed by atoms with Crippen LogP contribution in [0.25, 0.3) is 0 Å². The Hall–Kier alpha value is 1.15. The van der Waals surface area contributed by atoms with Crippen molar-refractivity contribution in [3.8, 4) is 0 Å². The summed E-state index contributed by atoms with van der Waals surface area (Å²) in [6, 6.07) is 0. The summed E-state index contributed by atoms with van der Waals surface area (Å²) < 4.78 is 5.57. The van der Waals surface area contributed by atoms with E-state index in [-0.39, 0.29) is 20.8 Å². The van der Waals surface area contributed by atoms with Crippen LogP contribution in [0.5, 0.6) is 0 Å². The van der Waals surface area contributed by atoms with Crippen molar-refractivity contribution in [2.45, 2.75) is 18.3 Å². The van der Waals surface area contributed by atoms with Gasteiger partial charge in [-0.15, -0.1) is 0 Å². The van der Waals surface area contributed by atoms with Gasteiger partial charge in [0.25, 0.3) is 0 Å². The average molecular weight is 411 g/mol. The topological polar surface area (TPSA) is 21.6 Å². The number of nitrogens with zero attached hydrogens (tertiary/aromatic N) is 1. The average Bonchev–Trinajstić information content (AvgIpc) is 2.74. The van der Waals surface area contributed by atoms with E-state index in [1.807, 2.05) is 6.92 Å². The van der Waals surface area contributed by atoms with Gasteiger partial charge in [0.2, 0.25) is 0 Å². The van der Waals surface area contributed by atoms with E-state index in [1.165, 1.54) is 0 Å². The van der Waals surface area contributed by atoms with Gasteiger partial charge in [-0.3, -0.25) is 0 Å². The molecular formula is C7H11I2NOS. The van der Waals surface area contributed by atoms with E-state index >= 15 is 0 Å². The molecule has 5 heteroatoms. The summed E-state index contributed by atoms with van der Waals surface area (Å²) in [6.45, 7) is 1.97. The van der Waals surface area contributed by atoms with Crippen LogP contribution in [0.1, 0.15) is 13.3 Å². The Morgan fingerprint density at radius 1 is 1.75 bits per heavy atom. The van der Waals surface area contributed by atoms with Crippen LogP contribution in [0.2, 0.25) is 0 Å². The molecule has 0 N–H and O–H groups in total.